The molecule has 2 heterocycles. The van der Waals surface area contributed by atoms with Crippen molar-refractivity contribution >= 4 is 11.9 Å². The van der Waals surface area contributed by atoms with E-state index >= 15 is 0 Å². The quantitative estimate of drug-likeness (QED) is 0.578. The molecule has 170 valence electrons. The predicted octanol–water partition coefficient (Wildman–Crippen LogP) is 3.35. The average molecular weight is 447 g/mol. The van der Waals surface area contributed by atoms with Gasteiger partial charge in [0, 0.05) is 0 Å². The Hall–Kier alpha value is -3.78. The van der Waals surface area contributed by atoms with Gasteiger partial charge in [-0.3, -0.25) is 9.69 Å². The molecule has 1 aromatic heterocycles. The summed E-state index contributed by atoms with van der Waals surface area (Å²) < 4.78 is 10.2. The summed E-state index contributed by atoms with van der Waals surface area (Å²) >= 11 is 0. The maximum absolute atomic E-state index is 13.1. The Morgan fingerprint density at radius 3 is 2.21 bits per heavy atom. The molecule has 0 amide bonds. The monoisotopic (exact) mass is 447 g/mol. The maximum Gasteiger partial charge on any atom is 0.360 e. The van der Waals surface area contributed by atoms with Crippen molar-refractivity contribution in [2.75, 3.05) is 20.2 Å². The summed E-state index contributed by atoms with van der Waals surface area (Å²) in [4.78, 5) is 47.6. The fourth-order valence-electron chi connectivity index (χ4n) is 4.02. The lowest BCUT2D eigenvalue weighted by Gasteiger charge is -2.34. The molecule has 4 rings (SSSR count). The number of methoxy groups -OCH3 is 1. The minimum absolute atomic E-state index is 0.243. The van der Waals surface area contributed by atoms with Crippen molar-refractivity contribution in [1.82, 2.24) is 14.9 Å². The summed E-state index contributed by atoms with van der Waals surface area (Å²) in [6, 6.07) is 17.5. The highest BCUT2D eigenvalue weighted by Crippen LogP contribution is 2.29. The SMILES string of the molecule is COC(=O)c1nc(C(c2ccccc2)N2CCCCC2)[nH]c(=O)c1OC(=O)c1ccccc1. The van der Waals surface area contributed by atoms with E-state index in [0.29, 0.717) is 5.82 Å². The third-order valence-electron chi connectivity index (χ3n) is 5.61. The molecule has 0 radical (unpaired) electrons. The number of benzene rings is 2. The highest BCUT2D eigenvalue weighted by Gasteiger charge is 2.30. The Bertz CT molecular complexity index is 1170. The Morgan fingerprint density at radius 1 is 0.939 bits per heavy atom. The molecule has 2 aromatic carbocycles. The molecule has 33 heavy (non-hydrogen) atoms. The number of carbonyl (C=O) groups excluding carboxylic acids is 2. The number of ether oxygens (including phenoxy) is 2. The number of nitrogens with zero attached hydrogens (tertiary/aromatic N) is 2. The maximum atomic E-state index is 13.1. The van der Waals surface area contributed by atoms with Gasteiger partial charge >= 0.3 is 11.9 Å². The number of aromatic amines is 1. The number of likely N-dealkylation sites (tertiary alicyclic amines) is 1. The van der Waals surface area contributed by atoms with E-state index in [-0.39, 0.29) is 17.3 Å². The number of esters is 2. The molecular formula is C25H25N3O5. The van der Waals surface area contributed by atoms with E-state index in [9.17, 15) is 14.4 Å². The topological polar surface area (TPSA) is 102 Å². The Balaban J connectivity index is 1.78. The number of aromatic nitrogens is 2. The molecule has 8 nitrogen and oxygen atoms in total. The highest BCUT2D eigenvalue weighted by molar-refractivity contribution is 5.94. The molecule has 1 N–H and O–H groups in total. The van der Waals surface area contributed by atoms with Gasteiger partial charge in [-0.2, -0.15) is 0 Å². The van der Waals surface area contributed by atoms with Crippen molar-refractivity contribution in [3.8, 4) is 5.75 Å². The summed E-state index contributed by atoms with van der Waals surface area (Å²) in [7, 11) is 1.19. The van der Waals surface area contributed by atoms with Gasteiger partial charge in [-0.05, 0) is 43.6 Å². The van der Waals surface area contributed by atoms with Crippen LogP contribution in [0.5, 0.6) is 5.75 Å². The molecule has 0 aliphatic carbocycles. The highest BCUT2D eigenvalue weighted by atomic mass is 16.5. The fraction of sp³-hybridized carbons (Fsp3) is 0.280. The third kappa shape index (κ3) is 5.01. The molecule has 1 unspecified atom stereocenters. The number of carbonyl (C=O) groups is 2. The molecule has 1 atom stereocenters. The van der Waals surface area contributed by atoms with Crippen molar-refractivity contribution in [2.24, 2.45) is 0 Å². The van der Waals surface area contributed by atoms with Crippen molar-refractivity contribution in [3.63, 3.8) is 0 Å². The summed E-state index contributed by atoms with van der Waals surface area (Å²) in [5.74, 6) is -1.81. The molecule has 1 aliphatic rings. The summed E-state index contributed by atoms with van der Waals surface area (Å²) in [5, 5.41) is 0. The number of hydrogen-bond donors (Lipinski definition) is 1. The van der Waals surface area contributed by atoms with E-state index in [1.807, 2.05) is 30.3 Å². The van der Waals surface area contributed by atoms with E-state index in [2.05, 4.69) is 14.9 Å². The van der Waals surface area contributed by atoms with Crippen LogP contribution in [0.2, 0.25) is 0 Å². The zero-order valence-electron chi connectivity index (χ0n) is 18.3. The van der Waals surface area contributed by atoms with Gasteiger partial charge in [0.05, 0.1) is 18.7 Å². The summed E-state index contributed by atoms with van der Waals surface area (Å²) in [6.45, 7) is 1.67. The standard InChI is InChI=1S/C25H25N3O5/c1-32-25(31)19-21(33-24(30)18-13-7-3-8-14-18)23(29)27-22(26-19)20(17-11-5-2-6-12-17)28-15-9-4-10-16-28/h2-3,5-8,11-14,20H,4,9-10,15-16H2,1H3,(H,26,27,29). The second-order valence-corrected chi connectivity index (χ2v) is 7.79. The summed E-state index contributed by atoms with van der Waals surface area (Å²) in [6.07, 6.45) is 3.21. The second kappa shape index (κ2) is 10.2. The van der Waals surface area contributed by atoms with E-state index < -0.39 is 23.2 Å². The lowest BCUT2D eigenvalue weighted by molar-refractivity contribution is 0.0583. The molecule has 1 saturated heterocycles. The van der Waals surface area contributed by atoms with Crippen molar-refractivity contribution in [3.05, 3.63) is 93.7 Å². The zero-order chi connectivity index (χ0) is 23.2. The Morgan fingerprint density at radius 2 is 1.58 bits per heavy atom. The van der Waals surface area contributed by atoms with Crippen molar-refractivity contribution in [1.29, 1.82) is 0 Å². The van der Waals surface area contributed by atoms with Gasteiger partial charge in [0.15, 0.2) is 5.69 Å². The first-order valence-electron chi connectivity index (χ1n) is 10.9. The van der Waals surface area contributed by atoms with E-state index in [1.54, 1.807) is 30.3 Å². The number of hydrogen-bond acceptors (Lipinski definition) is 7. The van der Waals surface area contributed by atoms with Crippen LogP contribution in [0.3, 0.4) is 0 Å². The molecule has 1 aliphatic heterocycles. The Labute approximate surface area is 191 Å². The van der Waals surface area contributed by atoms with Gasteiger partial charge < -0.3 is 14.5 Å². The van der Waals surface area contributed by atoms with Gasteiger partial charge in [0.25, 0.3) is 5.56 Å². The van der Waals surface area contributed by atoms with Gasteiger partial charge in [-0.15, -0.1) is 0 Å². The third-order valence-corrected chi connectivity index (χ3v) is 5.61. The van der Waals surface area contributed by atoms with Crippen LogP contribution in [0, 0.1) is 0 Å². The minimum Gasteiger partial charge on any atom is -0.464 e. The fourth-order valence-corrected chi connectivity index (χ4v) is 4.02. The van der Waals surface area contributed by atoms with Crippen LogP contribution >= 0.6 is 0 Å². The number of piperidine rings is 1. The first kappa shape index (κ1) is 22.4. The molecule has 8 heteroatoms. The second-order valence-electron chi connectivity index (χ2n) is 7.79. The molecule has 0 saturated carbocycles. The van der Waals surface area contributed by atoms with E-state index in [0.717, 1.165) is 37.9 Å². The molecule has 0 bridgehead atoms. The molecular weight excluding hydrogens is 422 g/mol. The molecule has 3 aromatic rings. The normalized spacial score (nSPS) is 14.9. The molecule has 0 spiro atoms. The Kier molecular flexibility index (Phi) is 6.95. The van der Waals surface area contributed by atoms with Gasteiger partial charge in [0.2, 0.25) is 5.75 Å². The van der Waals surface area contributed by atoms with E-state index in [1.165, 1.54) is 7.11 Å². The van der Waals surface area contributed by atoms with Crippen molar-refractivity contribution < 1.29 is 19.1 Å². The van der Waals surface area contributed by atoms with Crippen LogP contribution in [0.15, 0.2) is 65.5 Å². The van der Waals surface area contributed by atoms with Gasteiger partial charge in [-0.1, -0.05) is 55.0 Å². The van der Waals surface area contributed by atoms with Crippen molar-refractivity contribution in [2.45, 2.75) is 25.3 Å². The smallest absolute Gasteiger partial charge is 0.360 e. The van der Waals surface area contributed by atoms with Crippen LogP contribution in [-0.4, -0.2) is 47.0 Å². The van der Waals surface area contributed by atoms with Crippen LogP contribution in [-0.2, 0) is 4.74 Å². The molecule has 1 fully saturated rings. The average Bonchev–Trinajstić information content (AvgIpc) is 2.87. The first-order valence-corrected chi connectivity index (χ1v) is 10.9. The van der Waals surface area contributed by atoms with Crippen LogP contribution in [0.1, 0.15) is 57.5 Å². The van der Waals surface area contributed by atoms with Crippen LogP contribution in [0.4, 0.5) is 0 Å². The van der Waals surface area contributed by atoms with Gasteiger partial charge in [-0.25, -0.2) is 14.6 Å². The lowest BCUT2D eigenvalue weighted by atomic mass is 10.0. The van der Waals surface area contributed by atoms with E-state index in [4.69, 9.17) is 9.47 Å². The zero-order valence-corrected chi connectivity index (χ0v) is 18.3. The van der Waals surface area contributed by atoms with Gasteiger partial charge in [0.1, 0.15) is 5.82 Å². The minimum atomic E-state index is -0.858. The predicted molar refractivity (Wildman–Crippen MR) is 121 cm³/mol. The lowest BCUT2D eigenvalue weighted by Crippen LogP contribution is -2.37. The summed E-state index contributed by atoms with van der Waals surface area (Å²) in [5.41, 5.74) is 0.126. The van der Waals surface area contributed by atoms with Crippen LogP contribution < -0.4 is 10.3 Å². The van der Waals surface area contributed by atoms with Crippen LogP contribution in [0.25, 0.3) is 0 Å². The number of H-pyrrole nitrogens is 1. The number of nitrogens with one attached hydrogen (secondary N) is 1. The largest absolute Gasteiger partial charge is 0.464 e. The number of rotatable bonds is 6. The first-order chi connectivity index (χ1) is 16.1.